The molecular formula is C11H12F3N. The number of benzene rings is 1. The summed E-state index contributed by atoms with van der Waals surface area (Å²) in [5, 5.41) is 2.68. The van der Waals surface area contributed by atoms with Crippen LogP contribution in [-0.4, -0.2) is 13.5 Å². The van der Waals surface area contributed by atoms with Crippen molar-refractivity contribution in [3.8, 4) is 0 Å². The lowest BCUT2D eigenvalue weighted by molar-refractivity contribution is 0.0328. The molecule has 0 amide bonds. The third kappa shape index (κ3) is 1.44. The Bertz CT molecular complexity index is 378. The highest BCUT2D eigenvalue weighted by Crippen LogP contribution is 2.41. The number of nitrogens with one attached hydrogen (secondary N) is 1. The van der Waals surface area contributed by atoms with Crippen molar-refractivity contribution < 1.29 is 13.2 Å². The average molecular weight is 215 g/mol. The van der Waals surface area contributed by atoms with Gasteiger partial charge in [-0.1, -0.05) is 6.07 Å². The lowest BCUT2D eigenvalue weighted by atomic mass is 9.92. The summed E-state index contributed by atoms with van der Waals surface area (Å²) >= 11 is 0. The minimum Gasteiger partial charge on any atom is -0.306 e. The van der Waals surface area contributed by atoms with Gasteiger partial charge in [-0.15, -0.1) is 0 Å². The summed E-state index contributed by atoms with van der Waals surface area (Å²) in [6.45, 7) is 0. The minimum absolute atomic E-state index is 0.319. The summed E-state index contributed by atoms with van der Waals surface area (Å²) in [6, 6.07) is 4.04. The Balaban J connectivity index is 2.51. The highest BCUT2D eigenvalue weighted by atomic mass is 19.3. The number of hydrogen-bond donors (Lipinski definition) is 1. The van der Waals surface area contributed by atoms with E-state index < -0.39 is 12.0 Å². The SMILES string of the molecule is CNC1(C(F)F)CCc2cc(F)ccc21. The molecule has 0 aromatic heterocycles. The topological polar surface area (TPSA) is 12.0 Å². The second-order valence-corrected chi connectivity index (χ2v) is 3.82. The van der Waals surface area contributed by atoms with Gasteiger partial charge in [0.25, 0.3) is 6.43 Å². The minimum atomic E-state index is -2.48. The van der Waals surface area contributed by atoms with Gasteiger partial charge in [-0.3, -0.25) is 0 Å². The quantitative estimate of drug-likeness (QED) is 0.799. The third-order valence-corrected chi connectivity index (χ3v) is 3.16. The van der Waals surface area contributed by atoms with Crippen LogP contribution < -0.4 is 5.32 Å². The highest BCUT2D eigenvalue weighted by molar-refractivity contribution is 5.39. The third-order valence-electron chi connectivity index (χ3n) is 3.16. The number of fused-ring (bicyclic) bond motifs is 1. The first-order valence-electron chi connectivity index (χ1n) is 4.86. The van der Waals surface area contributed by atoms with E-state index in [0.29, 0.717) is 24.0 Å². The van der Waals surface area contributed by atoms with E-state index in [4.69, 9.17) is 0 Å². The Kier molecular flexibility index (Phi) is 2.46. The molecule has 82 valence electrons. The number of alkyl halides is 2. The van der Waals surface area contributed by atoms with Crippen LogP contribution in [0.5, 0.6) is 0 Å². The average Bonchev–Trinajstić information content (AvgIpc) is 2.56. The lowest BCUT2D eigenvalue weighted by Gasteiger charge is -2.29. The van der Waals surface area contributed by atoms with Crippen molar-refractivity contribution in [3.05, 3.63) is 35.1 Å². The monoisotopic (exact) mass is 215 g/mol. The predicted molar refractivity (Wildman–Crippen MR) is 51.5 cm³/mol. The lowest BCUT2D eigenvalue weighted by Crippen LogP contribution is -2.44. The van der Waals surface area contributed by atoms with Gasteiger partial charge < -0.3 is 5.32 Å². The Labute approximate surface area is 86.3 Å². The van der Waals surface area contributed by atoms with Gasteiger partial charge in [0.1, 0.15) is 11.4 Å². The Morgan fingerprint density at radius 2 is 2.13 bits per heavy atom. The molecule has 0 bridgehead atoms. The molecule has 0 heterocycles. The molecule has 1 aromatic rings. The summed E-state index contributed by atoms with van der Waals surface area (Å²) in [5.74, 6) is -0.366. The van der Waals surface area contributed by atoms with Crippen LogP contribution in [0.3, 0.4) is 0 Å². The van der Waals surface area contributed by atoms with Gasteiger partial charge in [-0.25, -0.2) is 13.2 Å². The van der Waals surface area contributed by atoms with Crippen molar-refractivity contribution in [3.63, 3.8) is 0 Å². The molecule has 0 fully saturated rings. The van der Waals surface area contributed by atoms with Crippen LogP contribution in [0.15, 0.2) is 18.2 Å². The van der Waals surface area contributed by atoms with Crippen LogP contribution in [0.4, 0.5) is 13.2 Å². The second-order valence-electron chi connectivity index (χ2n) is 3.82. The summed E-state index contributed by atoms with van der Waals surface area (Å²) in [7, 11) is 1.52. The summed E-state index contributed by atoms with van der Waals surface area (Å²) in [4.78, 5) is 0. The Morgan fingerprint density at radius 3 is 2.73 bits per heavy atom. The fourth-order valence-electron chi connectivity index (χ4n) is 2.27. The maximum atomic E-state index is 13.0. The molecule has 1 aromatic carbocycles. The van der Waals surface area contributed by atoms with Crippen molar-refractivity contribution in [2.45, 2.75) is 24.8 Å². The standard InChI is InChI=1S/C11H12F3N/c1-15-11(10(13)14)5-4-7-6-8(12)2-3-9(7)11/h2-3,6,10,15H,4-5H2,1H3. The van der Waals surface area contributed by atoms with Crippen LogP contribution in [0.1, 0.15) is 17.5 Å². The fraction of sp³-hybridized carbons (Fsp3) is 0.455. The van der Waals surface area contributed by atoms with Crippen LogP contribution in [0.2, 0.25) is 0 Å². The van der Waals surface area contributed by atoms with Crippen LogP contribution >= 0.6 is 0 Å². The van der Waals surface area contributed by atoms with E-state index in [1.165, 1.54) is 25.2 Å². The summed E-state index contributed by atoms with van der Waals surface area (Å²) < 4.78 is 38.9. The molecule has 1 unspecified atom stereocenters. The van der Waals surface area contributed by atoms with Crippen molar-refractivity contribution in [1.82, 2.24) is 5.32 Å². The van der Waals surface area contributed by atoms with Gasteiger partial charge in [0.15, 0.2) is 0 Å². The van der Waals surface area contributed by atoms with Gasteiger partial charge in [-0.2, -0.15) is 0 Å². The van der Waals surface area contributed by atoms with Crippen molar-refractivity contribution in [1.29, 1.82) is 0 Å². The normalized spacial score (nSPS) is 24.6. The van der Waals surface area contributed by atoms with Gasteiger partial charge in [0, 0.05) is 0 Å². The first kappa shape index (κ1) is 10.5. The summed E-state index contributed by atoms with van der Waals surface area (Å²) in [5.41, 5.74) is -0.0747. The molecular weight excluding hydrogens is 203 g/mol. The molecule has 1 N–H and O–H groups in total. The van der Waals surface area contributed by atoms with E-state index in [1.807, 2.05) is 0 Å². The first-order valence-corrected chi connectivity index (χ1v) is 4.86. The van der Waals surface area contributed by atoms with E-state index in [9.17, 15) is 13.2 Å². The van der Waals surface area contributed by atoms with Crippen LogP contribution in [0.25, 0.3) is 0 Å². The van der Waals surface area contributed by atoms with E-state index in [0.717, 1.165) is 0 Å². The molecule has 1 aliphatic rings. The molecule has 0 saturated heterocycles. The zero-order valence-electron chi connectivity index (χ0n) is 8.36. The molecule has 1 atom stereocenters. The predicted octanol–water partition coefficient (Wildman–Crippen LogP) is 2.45. The number of hydrogen-bond acceptors (Lipinski definition) is 1. The molecule has 0 spiro atoms. The highest BCUT2D eigenvalue weighted by Gasteiger charge is 2.45. The number of halogens is 3. The van der Waals surface area contributed by atoms with Crippen LogP contribution in [0, 0.1) is 5.82 Å². The molecule has 2 rings (SSSR count). The molecule has 0 aliphatic heterocycles. The Hall–Kier alpha value is -1.03. The first-order chi connectivity index (χ1) is 7.10. The summed E-state index contributed by atoms with van der Waals surface area (Å²) in [6.07, 6.45) is -1.66. The fourth-order valence-corrected chi connectivity index (χ4v) is 2.27. The zero-order chi connectivity index (χ0) is 11.1. The van der Waals surface area contributed by atoms with E-state index in [2.05, 4.69) is 5.32 Å². The van der Waals surface area contributed by atoms with Crippen molar-refractivity contribution in [2.75, 3.05) is 7.05 Å². The smallest absolute Gasteiger partial charge is 0.260 e. The maximum Gasteiger partial charge on any atom is 0.260 e. The largest absolute Gasteiger partial charge is 0.306 e. The molecule has 0 saturated carbocycles. The maximum absolute atomic E-state index is 13.0. The molecule has 1 aliphatic carbocycles. The van der Waals surface area contributed by atoms with E-state index in [-0.39, 0.29) is 5.82 Å². The molecule has 15 heavy (non-hydrogen) atoms. The second kappa shape index (κ2) is 3.52. The molecule has 0 radical (unpaired) electrons. The van der Waals surface area contributed by atoms with Crippen molar-refractivity contribution in [2.24, 2.45) is 0 Å². The molecule has 1 nitrogen and oxygen atoms in total. The van der Waals surface area contributed by atoms with Crippen molar-refractivity contribution >= 4 is 0 Å². The molecule has 4 heteroatoms. The zero-order valence-corrected chi connectivity index (χ0v) is 8.36. The van der Waals surface area contributed by atoms with E-state index in [1.54, 1.807) is 0 Å². The van der Waals surface area contributed by atoms with Crippen LogP contribution in [-0.2, 0) is 12.0 Å². The van der Waals surface area contributed by atoms with Gasteiger partial charge in [0.2, 0.25) is 0 Å². The van der Waals surface area contributed by atoms with Gasteiger partial charge in [0.05, 0.1) is 0 Å². The van der Waals surface area contributed by atoms with Gasteiger partial charge in [-0.05, 0) is 43.1 Å². The number of aryl methyl sites for hydroxylation is 1. The van der Waals surface area contributed by atoms with E-state index >= 15 is 0 Å². The Morgan fingerprint density at radius 1 is 1.40 bits per heavy atom. The van der Waals surface area contributed by atoms with Gasteiger partial charge >= 0.3 is 0 Å². The number of rotatable bonds is 2.